The summed E-state index contributed by atoms with van der Waals surface area (Å²) < 4.78 is 0. The number of aryl methyl sites for hydroxylation is 1. The van der Waals surface area contributed by atoms with Gasteiger partial charge >= 0.3 is 0 Å². The highest BCUT2D eigenvalue weighted by Crippen LogP contribution is 2.29. The Hall–Kier alpha value is -1.06. The minimum Gasteiger partial charge on any atom is -0.395 e. The molecule has 0 aliphatic heterocycles. The first-order valence-electron chi connectivity index (χ1n) is 7.94. The topological polar surface area (TPSA) is 35.5 Å². The molecule has 0 saturated heterocycles. The Bertz CT molecular complexity index is 413. The molecule has 0 amide bonds. The molecule has 0 atom stereocenters. The zero-order valence-electron chi connectivity index (χ0n) is 12.9. The van der Waals surface area contributed by atoms with Crippen LogP contribution in [0.15, 0.2) is 18.2 Å². The van der Waals surface area contributed by atoms with Gasteiger partial charge in [0.05, 0.1) is 6.61 Å². The fourth-order valence-electron chi connectivity index (χ4n) is 3.16. The summed E-state index contributed by atoms with van der Waals surface area (Å²) >= 11 is 0. The van der Waals surface area contributed by atoms with Gasteiger partial charge in [-0.25, -0.2) is 0 Å². The quantitative estimate of drug-likeness (QED) is 0.804. The van der Waals surface area contributed by atoms with E-state index >= 15 is 0 Å². The Labute approximate surface area is 123 Å². The maximum atomic E-state index is 9.35. The van der Waals surface area contributed by atoms with Gasteiger partial charge in [0.2, 0.25) is 0 Å². The van der Waals surface area contributed by atoms with Crippen molar-refractivity contribution in [1.82, 2.24) is 5.32 Å². The van der Waals surface area contributed by atoms with Crippen molar-refractivity contribution in [3.05, 3.63) is 29.3 Å². The van der Waals surface area contributed by atoms with Crippen LogP contribution in [0.3, 0.4) is 0 Å². The summed E-state index contributed by atoms with van der Waals surface area (Å²) in [5, 5.41) is 12.7. The van der Waals surface area contributed by atoms with Crippen LogP contribution in [-0.4, -0.2) is 30.8 Å². The minimum absolute atomic E-state index is 0.231. The van der Waals surface area contributed by atoms with Crippen LogP contribution in [0.25, 0.3) is 0 Å². The molecule has 0 bridgehead atoms. The van der Waals surface area contributed by atoms with Crippen molar-refractivity contribution >= 4 is 5.69 Å². The molecule has 0 radical (unpaired) electrons. The second kappa shape index (κ2) is 7.65. The highest BCUT2D eigenvalue weighted by molar-refractivity contribution is 5.52. The molecular formula is C17H28N2O. The fraction of sp³-hybridized carbons (Fsp3) is 0.647. The number of hydrogen-bond acceptors (Lipinski definition) is 3. The first-order valence-corrected chi connectivity index (χ1v) is 7.94. The van der Waals surface area contributed by atoms with Crippen LogP contribution in [0.5, 0.6) is 0 Å². The number of benzene rings is 1. The number of rotatable bonds is 7. The standard InChI is InChI=1S/C17H28N2O/c1-3-18-13-15-8-9-17(12-14(15)2)19(10-11-20)16-6-4-5-7-16/h8-9,12,16,18,20H,3-7,10-11,13H2,1-2H3. The number of hydrogen-bond donors (Lipinski definition) is 2. The number of aliphatic hydroxyl groups is 1. The van der Waals surface area contributed by atoms with Crippen LogP contribution in [0.4, 0.5) is 5.69 Å². The van der Waals surface area contributed by atoms with Gasteiger partial charge in [-0.15, -0.1) is 0 Å². The minimum atomic E-state index is 0.231. The normalized spacial score (nSPS) is 15.8. The molecule has 1 aliphatic carbocycles. The molecule has 3 heteroatoms. The van der Waals surface area contributed by atoms with E-state index in [-0.39, 0.29) is 6.61 Å². The number of aliphatic hydroxyl groups excluding tert-OH is 1. The average Bonchev–Trinajstić information content (AvgIpc) is 2.97. The first kappa shape index (κ1) is 15.3. The van der Waals surface area contributed by atoms with Crippen LogP contribution >= 0.6 is 0 Å². The first-order chi connectivity index (χ1) is 9.76. The third kappa shape index (κ3) is 3.74. The molecule has 20 heavy (non-hydrogen) atoms. The van der Waals surface area contributed by atoms with Gasteiger partial charge in [0.1, 0.15) is 0 Å². The predicted octanol–water partition coefficient (Wildman–Crippen LogP) is 2.85. The Balaban J connectivity index is 2.14. The molecule has 1 aliphatic rings. The van der Waals surface area contributed by atoms with Crippen LogP contribution in [-0.2, 0) is 6.54 Å². The number of nitrogens with zero attached hydrogens (tertiary/aromatic N) is 1. The van der Waals surface area contributed by atoms with E-state index in [2.05, 4.69) is 42.3 Å². The van der Waals surface area contributed by atoms with Gasteiger partial charge in [0.15, 0.2) is 0 Å². The maximum Gasteiger partial charge on any atom is 0.0606 e. The SMILES string of the molecule is CCNCc1ccc(N(CCO)C2CCCC2)cc1C. The van der Waals surface area contributed by atoms with Crippen molar-refractivity contribution in [2.45, 2.75) is 52.1 Å². The van der Waals surface area contributed by atoms with E-state index in [0.717, 1.165) is 19.6 Å². The fourth-order valence-corrected chi connectivity index (χ4v) is 3.16. The zero-order valence-corrected chi connectivity index (χ0v) is 12.9. The molecular weight excluding hydrogens is 248 g/mol. The van der Waals surface area contributed by atoms with Crippen LogP contribution in [0, 0.1) is 6.92 Å². The van der Waals surface area contributed by atoms with E-state index in [9.17, 15) is 5.11 Å². The molecule has 0 spiro atoms. The van der Waals surface area contributed by atoms with Gasteiger partial charge in [-0.3, -0.25) is 0 Å². The summed E-state index contributed by atoms with van der Waals surface area (Å²) in [6.45, 7) is 7.23. The lowest BCUT2D eigenvalue weighted by atomic mass is 10.1. The molecule has 1 aromatic rings. The van der Waals surface area contributed by atoms with E-state index < -0.39 is 0 Å². The summed E-state index contributed by atoms with van der Waals surface area (Å²) in [4.78, 5) is 2.40. The van der Waals surface area contributed by atoms with Gasteiger partial charge in [-0.2, -0.15) is 0 Å². The lowest BCUT2D eigenvalue weighted by molar-refractivity contribution is 0.297. The summed E-state index contributed by atoms with van der Waals surface area (Å²) in [6.07, 6.45) is 5.17. The van der Waals surface area contributed by atoms with Gasteiger partial charge in [0.25, 0.3) is 0 Å². The van der Waals surface area contributed by atoms with Crippen LogP contribution in [0.1, 0.15) is 43.7 Å². The smallest absolute Gasteiger partial charge is 0.0606 e. The Morgan fingerprint density at radius 1 is 1.30 bits per heavy atom. The largest absolute Gasteiger partial charge is 0.395 e. The second-order valence-corrected chi connectivity index (χ2v) is 5.75. The summed E-state index contributed by atoms with van der Waals surface area (Å²) in [7, 11) is 0. The lowest BCUT2D eigenvalue weighted by Gasteiger charge is -2.31. The van der Waals surface area contributed by atoms with Crippen molar-refractivity contribution < 1.29 is 5.11 Å². The molecule has 0 heterocycles. The molecule has 112 valence electrons. The highest BCUT2D eigenvalue weighted by atomic mass is 16.3. The third-order valence-electron chi connectivity index (χ3n) is 4.33. The van der Waals surface area contributed by atoms with Gasteiger partial charge in [-0.05, 0) is 49.6 Å². The number of anilines is 1. The third-order valence-corrected chi connectivity index (χ3v) is 4.33. The predicted molar refractivity (Wildman–Crippen MR) is 85.2 cm³/mol. The van der Waals surface area contributed by atoms with Gasteiger partial charge in [-0.1, -0.05) is 25.8 Å². The van der Waals surface area contributed by atoms with Gasteiger partial charge in [0, 0.05) is 24.8 Å². The number of nitrogens with one attached hydrogen (secondary N) is 1. The van der Waals surface area contributed by atoms with E-state index in [1.54, 1.807) is 0 Å². The Morgan fingerprint density at radius 3 is 2.65 bits per heavy atom. The summed E-state index contributed by atoms with van der Waals surface area (Å²) in [6, 6.07) is 7.34. The summed E-state index contributed by atoms with van der Waals surface area (Å²) in [5.74, 6) is 0. The average molecular weight is 276 g/mol. The Morgan fingerprint density at radius 2 is 2.05 bits per heavy atom. The lowest BCUT2D eigenvalue weighted by Crippen LogP contribution is -2.35. The molecule has 2 N–H and O–H groups in total. The van der Waals surface area contributed by atoms with Crippen molar-refractivity contribution in [3.63, 3.8) is 0 Å². The molecule has 1 aromatic carbocycles. The zero-order chi connectivity index (χ0) is 14.4. The van der Waals surface area contributed by atoms with Gasteiger partial charge < -0.3 is 15.3 Å². The van der Waals surface area contributed by atoms with Crippen molar-refractivity contribution in [2.24, 2.45) is 0 Å². The highest BCUT2D eigenvalue weighted by Gasteiger charge is 2.22. The van der Waals surface area contributed by atoms with E-state index in [4.69, 9.17) is 0 Å². The molecule has 2 rings (SSSR count). The molecule has 0 aromatic heterocycles. The molecule has 1 fully saturated rings. The van der Waals surface area contributed by atoms with Crippen molar-refractivity contribution in [1.29, 1.82) is 0 Å². The van der Waals surface area contributed by atoms with E-state index in [1.165, 1.54) is 42.5 Å². The maximum absolute atomic E-state index is 9.35. The van der Waals surface area contributed by atoms with Crippen LogP contribution < -0.4 is 10.2 Å². The Kier molecular flexibility index (Phi) is 5.86. The second-order valence-electron chi connectivity index (χ2n) is 5.75. The summed E-state index contributed by atoms with van der Waals surface area (Å²) in [5.41, 5.74) is 3.97. The van der Waals surface area contributed by atoms with E-state index in [0.29, 0.717) is 6.04 Å². The van der Waals surface area contributed by atoms with Crippen molar-refractivity contribution in [2.75, 3.05) is 24.6 Å². The molecule has 1 saturated carbocycles. The monoisotopic (exact) mass is 276 g/mol. The van der Waals surface area contributed by atoms with Crippen molar-refractivity contribution in [3.8, 4) is 0 Å². The van der Waals surface area contributed by atoms with E-state index in [1.807, 2.05) is 0 Å². The van der Waals surface area contributed by atoms with Crippen LogP contribution in [0.2, 0.25) is 0 Å². The molecule has 0 unspecified atom stereocenters. The molecule has 3 nitrogen and oxygen atoms in total.